The first kappa shape index (κ1) is 12.6. The molecule has 1 aromatic carbocycles. The van der Waals surface area contributed by atoms with Gasteiger partial charge < -0.3 is 5.32 Å². The lowest BCUT2D eigenvalue weighted by molar-refractivity contribution is 0.452. The van der Waals surface area contributed by atoms with Crippen molar-refractivity contribution in [3.8, 4) is 0 Å². The summed E-state index contributed by atoms with van der Waals surface area (Å²) in [6.45, 7) is 7.84. The molecule has 2 rings (SSSR count). The lowest BCUT2D eigenvalue weighted by Crippen LogP contribution is -2.24. The van der Waals surface area contributed by atoms with Crippen LogP contribution in [0.5, 0.6) is 0 Å². The Morgan fingerprint density at radius 1 is 1.18 bits per heavy atom. The zero-order valence-electron chi connectivity index (χ0n) is 11.4. The van der Waals surface area contributed by atoms with Crippen LogP contribution >= 0.6 is 0 Å². The van der Waals surface area contributed by atoms with E-state index in [1.165, 1.54) is 48.9 Å². The first-order valence-electron chi connectivity index (χ1n) is 6.97. The number of hydrogen-bond donors (Lipinski definition) is 1. The van der Waals surface area contributed by atoms with Gasteiger partial charge in [0.25, 0.3) is 0 Å². The molecule has 1 unspecified atom stereocenters. The highest BCUT2D eigenvalue weighted by Gasteiger charge is 2.15. The molecule has 0 heterocycles. The zero-order valence-corrected chi connectivity index (χ0v) is 11.4. The standard InChI is InChI=1S/C16H25N/c1-12-8-9-16(10-13(12)2)14(3)17-11-15-6-4-5-7-15/h8-10,14-15,17H,4-7,11H2,1-3H3. The molecule has 94 valence electrons. The Morgan fingerprint density at radius 2 is 1.88 bits per heavy atom. The molecule has 17 heavy (non-hydrogen) atoms. The SMILES string of the molecule is Cc1ccc(C(C)NCC2CCCC2)cc1C. The van der Waals surface area contributed by atoms with Crippen molar-refractivity contribution in [3.63, 3.8) is 0 Å². The van der Waals surface area contributed by atoms with Crippen molar-refractivity contribution in [1.29, 1.82) is 0 Å². The van der Waals surface area contributed by atoms with Gasteiger partial charge in [0.15, 0.2) is 0 Å². The van der Waals surface area contributed by atoms with Crippen molar-refractivity contribution >= 4 is 0 Å². The Kier molecular flexibility index (Phi) is 4.22. The average Bonchev–Trinajstić information content (AvgIpc) is 2.82. The minimum absolute atomic E-state index is 0.481. The maximum atomic E-state index is 3.69. The van der Waals surface area contributed by atoms with Gasteiger partial charge in [-0.3, -0.25) is 0 Å². The number of aryl methyl sites for hydroxylation is 2. The molecule has 1 fully saturated rings. The van der Waals surface area contributed by atoms with Gasteiger partial charge in [0.1, 0.15) is 0 Å². The van der Waals surface area contributed by atoms with E-state index in [9.17, 15) is 0 Å². The summed E-state index contributed by atoms with van der Waals surface area (Å²) in [6.07, 6.45) is 5.72. The largest absolute Gasteiger partial charge is 0.310 e. The number of nitrogens with one attached hydrogen (secondary N) is 1. The maximum Gasteiger partial charge on any atom is 0.0292 e. The molecule has 1 nitrogen and oxygen atoms in total. The van der Waals surface area contributed by atoms with Gasteiger partial charge in [0, 0.05) is 6.04 Å². The molecule has 1 saturated carbocycles. The second-order valence-electron chi connectivity index (χ2n) is 5.62. The van der Waals surface area contributed by atoms with Gasteiger partial charge >= 0.3 is 0 Å². The van der Waals surface area contributed by atoms with Crippen LogP contribution in [0.1, 0.15) is 55.3 Å². The minimum atomic E-state index is 0.481. The lowest BCUT2D eigenvalue weighted by Gasteiger charge is -2.18. The third-order valence-corrected chi connectivity index (χ3v) is 4.22. The normalized spacial score (nSPS) is 18.5. The summed E-state index contributed by atoms with van der Waals surface area (Å²) in [6, 6.07) is 7.30. The Bertz CT molecular complexity index is 364. The average molecular weight is 231 g/mol. The summed E-state index contributed by atoms with van der Waals surface area (Å²) in [5.74, 6) is 0.920. The molecule has 1 aliphatic carbocycles. The first-order chi connectivity index (χ1) is 8.16. The fourth-order valence-corrected chi connectivity index (χ4v) is 2.71. The van der Waals surface area contributed by atoms with Crippen LogP contribution in [0.3, 0.4) is 0 Å². The second kappa shape index (κ2) is 5.68. The molecule has 1 aromatic rings. The van der Waals surface area contributed by atoms with Gasteiger partial charge in [-0.15, -0.1) is 0 Å². The topological polar surface area (TPSA) is 12.0 Å². The highest BCUT2D eigenvalue weighted by molar-refractivity contribution is 5.31. The van der Waals surface area contributed by atoms with Crippen LogP contribution in [-0.2, 0) is 0 Å². The molecule has 0 aromatic heterocycles. The summed E-state index contributed by atoms with van der Waals surface area (Å²) in [5.41, 5.74) is 4.21. The van der Waals surface area contributed by atoms with Gasteiger partial charge in [0.2, 0.25) is 0 Å². The Labute approximate surface area is 106 Å². The summed E-state index contributed by atoms with van der Waals surface area (Å²) in [5, 5.41) is 3.69. The van der Waals surface area contributed by atoms with Crippen LogP contribution in [0.25, 0.3) is 0 Å². The molecular formula is C16H25N. The molecule has 0 saturated heterocycles. The predicted octanol–water partition coefficient (Wildman–Crippen LogP) is 4.14. The Hall–Kier alpha value is -0.820. The molecule has 0 aliphatic heterocycles. The quantitative estimate of drug-likeness (QED) is 0.821. The monoisotopic (exact) mass is 231 g/mol. The summed E-state index contributed by atoms with van der Waals surface area (Å²) < 4.78 is 0. The van der Waals surface area contributed by atoms with Crippen LogP contribution in [0, 0.1) is 19.8 Å². The van der Waals surface area contributed by atoms with Gasteiger partial charge in [-0.1, -0.05) is 31.0 Å². The smallest absolute Gasteiger partial charge is 0.0292 e. The highest BCUT2D eigenvalue weighted by atomic mass is 14.9. The predicted molar refractivity (Wildman–Crippen MR) is 74.3 cm³/mol. The van der Waals surface area contributed by atoms with E-state index in [1.54, 1.807) is 0 Å². The van der Waals surface area contributed by atoms with E-state index < -0.39 is 0 Å². The van der Waals surface area contributed by atoms with E-state index in [2.05, 4.69) is 44.3 Å². The number of hydrogen-bond acceptors (Lipinski definition) is 1. The van der Waals surface area contributed by atoms with Gasteiger partial charge in [-0.2, -0.15) is 0 Å². The molecule has 0 spiro atoms. The fraction of sp³-hybridized carbons (Fsp3) is 0.625. The van der Waals surface area contributed by atoms with E-state index in [1.807, 2.05) is 0 Å². The summed E-state index contributed by atoms with van der Waals surface area (Å²) >= 11 is 0. The van der Waals surface area contributed by atoms with Crippen LogP contribution in [0.4, 0.5) is 0 Å². The van der Waals surface area contributed by atoms with Crippen molar-refractivity contribution in [2.45, 2.75) is 52.5 Å². The van der Waals surface area contributed by atoms with Crippen molar-refractivity contribution in [3.05, 3.63) is 34.9 Å². The second-order valence-corrected chi connectivity index (χ2v) is 5.62. The fourth-order valence-electron chi connectivity index (χ4n) is 2.71. The van der Waals surface area contributed by atoms with Gasteiger partial charge in [-0.05, 0) is 62.8 Å². The van der Waals surface area contributed by atoms with Crippen LogP contribution in [0.2, 0.25) is 0 Å². The van der Waals surface area contributed by atoms with E-state index >= 15 is 0 Å². The van der Waals surface area contributed by atoms with Crippen molar-refractivity contribution < 1.29 is 0 Å². The lowest BCUT2D eigenvalue weighted by atomic mass is 10.0. The molecule has 1 heteroatoms. The van der Waals surface area contributed by atoms with Crippen LogP contribution < -0.4 is 5.32 Å². The summed E-state index contributed by atoms with van der Waals surface area (Å²) in [4.78, 5) is 0. The number of rotatable bonds is 4. The molecule has 0 radical (unpaired) electrons. The minimum Gasteiger partial charge on any atom is -0.310 e. The van der Waals surface area contributed by atoms with Crippen molar-refractivity contribution in [2.24, 2.45) is 5.92 Å². The third kappa shape index (κ3) is 3.32. The van der Waals surface area contributed by atoms with E-state index in [0.29, 0.717) is 6.04 Å². The van der Waals surface area contributed by atoms with Gasteiger partial charge in [-0.25, -0.2) is 0 Å². The maximum absolute atomic E-state index is 3.69. The Morgan fingerprint density at radius 3 is 2.53 bits per heavy atom. The van der Waals surface area contributed by atoms with Crippen LogP contribution in [0.15, 0.2) is 18.2 Å². The molecule has 1 atom stereocenters. The van der Waals surface area contributed by atoms with E-state index in [-0.39, 0.29) is 0 Å². The molecule has 0 bridgehead atoms. The molecule has 1 N–H and O–H groups in total. The first-order valence-corrected chi connectivity index (χ1v) is 6.97. The van der Waals surface area contributed by atoms with Crippen molar-refractivity contribution in [1.82, 2.24) is 5.32 Å². The van der Waals surface area contributed by atoms with E-state index in [4.69, 9.17) is 0 Å². The number of benzene rings is 1. The molecular weight excluding hydrogens is 206 g/mol. The van der Waals surface area contributed by atoms with Crippen LogP contribution in [-0.4, -0.2) is 6.54 Å². The molecule has 0 amide bonds. The van der Waals surface area contributed by atoms with Crippen molar-refractivity contribution in [2.75, 3.05) is 6.54 Å². The molecule has 1 aliphatic rings. The highest BCUT2D eigenvalue weighted by Crippen LogP contribution is 2.25. The van der Waals surface area contributed by atoms with E-state index in [0.717, 1.165) is 5.92 Å². The third-order valence-electron chi connectivity index (χ3n) is 4.22. The summed E-state index contributed by atoms with van der Waals surface area (Å²) in [7, 11) is 0. The zero-order chi connectivity index (χ0) is 12.3. The van der Waals surface area contributed by atoms with Gasteiger partial charge in [0.05, 0.1) is 0 Å². The Balaban J connectivity index is 1.89.